The number of benzene rings is 1. The third-order valence-electron chi connectivity index (χ3n) is 3.65. The van der Waals surface area contributed by atoms with E-state index in [-0.39, 0.29) is 5.91 Å². The van der Waals surface area contributed by atoms with Crippen molar-refractivity contribution in [3.8, 4) is 0 Å². The van der Waals surface area contributed by atoms with E-state index in [2.05, 4.69) is 26.2 Å². The Morgan fingerprint density at radius 3 is 2.75 bits per heavy atom. The number of nitrogens with zero attached hydrogens (tertiary/aromatic N) is 1. The lowest BCUT2D eigenvalue weighted by Crippen LogP contribution is -2.17. The first-order valence-electron chi connectivity index (χ1n) is 7.02. The summed E-state index contributed by atoms with van der Waals surface area (Å²) in [5, 5.41) is 3.07. The molecule has 0 fully saturated rings. The first kappa shape index (κ1) is 16.7. The highest BCUT2D eigenvalue weighted by Crippen LogP contribution is 2.35. The molecule has 24 heavy (non-hydrogen) atoms. The number of ether oxygens (including phenoxy) is 1. The minimum absolute atomic E-state index is 0.291. The SMILES string of the molecule is COC(=O)C1=C(C(=O)Nc2ccc(Cl)nc2)Cc2cc(Br)ccc21. The van der Waals surface area contributed by atoms with Crippen molar-refractivity contribution < 1.29 is 14.3 Å². The molecule has 0 spiro atoms. The van der Waals surface area contributed by atoms with Crippen molar-refractivity contribution >= 4 is 50.7 Å². The molecule has 122 valence electrons. The molecule has 1 aliphatic rings. The van der Waals surface area contributed by atoms with Gasteiger partial charge in [-0.05, 0) is 35.4 Å². The maximum absolute atomic E-state index is 12.6. The van der Waals surface area contributed by atoms with E-state index >= 15 is 0 Å². The molecule has 0 atom stereocenters. The predicted molar refractivity (Wildman–Crippen MR) is 94.7 cm³/mol. The maximum Gasteiger partial charge on any atom is 0.338 e. The summed E-state index contributed by atoms with van der Waals surface area (Å²) in [4.78, 5) is 28.7. The highest BCUT2D eigenvalue weighted by Gasteiger charge is 2.31. The molecule has 0 aliphatic heterocycles. The first-order valence-corrected chi connectivity index (χ1v) is 8.20. The number of esters is 1. The Hall–Kier alpha value is -2.18. The Kier molecular flexibility index (Phi) is 4.69. The lowest BCUT2D eigenvalue weighted by Gasteiger charge is -2.08. The summed E-state index contributed by atoms with van der Waals surface area (Å²) >= 11 is 9.14. The molecule has 5 nitrogen and oxygen atoms in total. The van der Waals surface area contributed by atoms with E-state index in [0.717, 1.165) is 10.0 Å². The summed E-state index contributed by atoms with van der Waals surface area (Å²) in [7, 11) is 1.30. The van der Waals surface area contributed by atoms with Crippen LogP contribution in [0.15, 0.2) is 46.6 Å². The second-order valence-corrected chi connectivity index (χ2v) is 6.45. The molecule has 3 rings (SSSR count). The number of hydrogen-bond donors (Lipinski definition) is 1. The van der Waals surface area contributed by atoms with Gasteiger partial charge in [0.15, 0.2) is 0 Å². The molecule has 0 bridgehead atoms. The van der Waals surface area contributed by atoms with Gasteiger partial charge < -0.3 is 10.1 Å². The van der Waals surface area contributed by atoms with Gasteiger partial charge in [-0.15, -0.1) is 0 Å². The third kappa shape index (κ3) is 3.20. The van der Waals surface area contributed by atoms with Crippen LogP contribution in [-0.2, 0) is 20.7 Å². The van der Waals surface area contributed by atoms with Crippen LogP contribution in [0.25, 0.3) is 5.57 Å². The van der Waals surface area contributed by atoms with Crippen LogP contribution in [0.2, 0.25) is 5.15 Å². The van der Waals surface area contributed by atoms with Crippen molar-refractivity contribution in [2.75, 3.05) is 12.4 Å². The van der Waals surface area contributed by atoms with Crippen LogP contribution < -0.4 is 5.32 Å². The number of nitrogens with one attached hydrogen (secondary N) is 1. The number of rotatable bonds is 3. The number of amides is 1. The van der Waals surface area contributed by atoms with E-state index in [1.54, 1.807) is 18.2 Å². The fourth-order valence-corrected chi connectivity index (χ4v) is 3.10. The second kappa shape index (κ2) is 6.75. The minimum atomic E-state index is -0.532. The van der Waals surface area contributed by atoms with E-state index in [1.165, 1.54) is 13.3 Å². The standard InChI is InChI=1S/C17H12BrClN2O3/c1-24-17(23)15-12-4-2-10(18)6-9(12)7-13(15)16(22)21-11-3-5-14(19)20-8-11/h2-6,8H,7H2,1H3,(H,21,22). The second-order valence-electron chi connectivity index (χ2n) is 5.15. The Morgan fingerprint density at radius 1 is 1.29 bits per heavy atom. The quantitative estimate of drug-likeness (QED) is 0.623. The van der Waals surface area contributed by atoms with Crippen LogP contribution in [0.5, 0.6) is 0 Å². The zero-order valence-corrected chi connectivity index (χ0v) is 14.9. The van der Waals surface area contributed by atoms with Gasteiger partial charge >= 0.3 is 5.97 Å². The summed E-state index contributed by atoms with van der Waals surface area (Å²) in [5.74, 6) is -0.901. The summed E-state index contributed by atoms with van der Waals surface area (Å²) in [5.41, 5.74) is 2.76. The highest BCUT2D eigenvalue weighted by molar-refractivity contribution is 9.10. The van der Waals surface area contributed by atoms with Crippen LogP contribution in [0.1, 0.15) is 11.1 Å². The van der Waals surface area contributed by atoms with Gasteiger partial charge in [0.2, 0.25) is 0 Å². The molecule has 1 heterocycles. The largest absolute Gasteiger partial charge is 0.465 e. The number of aromatic nitrogens is 1. The summed E-state index contributed by atoms with van der Waals surface area (Å²) in [6, 6.07) is 8.74. The molecule has 2 aromatic rings. The fourth-order valence-electron chi connectivity index (χ4n) is 2.58. The number of pyridine rings is 1. The zero-order chi connectivity index (χ0) is 17.3. The van der Waals surface area contributed by atoms with Gasteiger partial charge in [-0.25, -0.2) is 9.78 Å². The van der Waals surface area contributed by atoms with Gasteiger partial charge in [-0.1, -0.05) is 33.6 Å². The van der Waals surface area contributed by atoms with Gasteiger partial charge in [0.25, 0.3) is 5.91 Å². The minimum Gasteiger partial charge on any atom is -0.465 e. The van der Waals surface area contributed by atoms with Crippen molar-refractivity contribution in [3.63, 3.8) is 0 Å². The van der Waals surface area contributed by atoms with Crippen molar-refractivity contribution in [2.45, 2.75) is 6.42 Å². The summed E-state index contributed by atoms with van der Waals surface area (Å²) < 4.78 is 5.73. The molecule has 0 saturated heterocycles. The summed E-state index contributed by atoms with van der Waals surface area (Å²) in [6.07, 6.45) is 1.81. The number of carbonyl (C=O) groups is 2. The number of halogens is 2. The van der Waals surface area contributed by atoms with Crippen LogP contribution in [0, 0.1) is 0 Å². The van der Waals surface area contributed by atoms with Gasteiger partial charge in [0, 0.05) is 16.5 Å². The number of carbonyl (C=O) groups excluding carboxylic acids is 2. The Balaban J connectivity index is 1.96. The third-order valence-corrected chi connectivity index (χ3v) is 4.37. The Morgan fingerprint density at radius 2 is 2.08 bits per heavy atom. The highest BCUT2D eigenvalue weighted by atomic mass is 79.9. The monoisotopic (exact) mass is 406 g/mol. The van der Waals surface area contributed by atoms with Crippen LogP contribution in [0.3, 0.4) is 0 Å². The van der Waals surface area contributed by atoms with Gasteiger partial charge in [0.1, 0.15) is 5.15 Å². The molecule has 1 N–H and O–H groups in total. The zero-order valence-electron chi connectivity index (χ0n) is 12.6. The number of methoxy groups -OCH3 is 1. The van der Waals surface area contributed by atoms with Gasteiger partial charge in [0.05, 0.1) is 24.6 Å². The van der Waals surface area contributed by atoms with E-state index < -0.39 is 5.97 Å². The Labute approximate surface area is 151 Å². The normalized spacial score (nSPS) is 12.8. The molecule has 1 aromatic carbocycles. The van der Waals surface area contributed by atoms with Crippen molar-refractivity contribution in [1.82, 2.24) is 4.98 Å². The van der Waals surface area contributed by atoms with Gasteiger partial charge in [-0.2, -0.15) is 0 Å². The molecular weight excluding hydrogens is 396 g/mol. The molecule has 0 unspecified atom stereocenters. The van der Waals surface area contributed by atoms with Crippen LogP contribution in [0.4, 0.5) is 5.69 Å². The lowest BCUT2D eigenvalue weighted by atomic mass is 10.1. The lowest BCUT2D eigenvalue weighted by molar-refractivity contribution is -0.133. The molecule has 1 amide bonds. The molecular formula is C17H12BrClN2O3. The number of fused-ring (bicyclic) bond motifs is 1. The molecule has 7 heteroatoms. The average Bonchev–Trinajstić information content (AvgIpc) is 2.94. The van der Waals surface area contributed by atoms with E-state index in [0.29, 0.717) is 34.0 Å². The van der Waals surface area contributed by atoms with Crippen LogP contribution in [-0.4, -0.2) is 24.0 Å². The molecule has 1 aliphatic carbocycles. The van der Waals surface area contributed by atoms with E-state index in [1.807, 2.05) is 12.1 Å². The topological polar surface area (TPSA) is 68.3 Å². The molecule has 0 saturated carbocycles. The predicted octanol–water partition coefficient (Wildman–Crippen LogP) is 3.62. The molecule has 1 aromatic heterocycles. The molecule has 0 radical (unpaired) electrons. The van der Waals surface area contributed by atoms with Crippen molar-refractivity contribution in [1.29, 1.82) is 0 Å². The van der Waals surface area contributed by atoms with Gasteiger partial charge in [-0.3, -0.25) is 4.79 Å². The fraction of sp³-hybridized carbons (Fsp3) is 0.118. The summed E-state index contributed by atoms with van der Waals surface area (Å²) in [6.45, 7) is 0. The van der Waals surface area contributed by atoms with E-state index in [9.17, 15) is 9.59 Å². The first-order chi connectivity index (χ1) is 11.5. The van der Waals surface area contributed by atoms with Crippen molar-refractivity contribution in [2.24, 2.45) is 0 Å². The average molecular weight is 408 g/mol. The number of anilines is 1. The number of hydrogen-bond acceptors (Lipinski definition) is 4. The van der Waals surface area contributed by atoms with E-state index in [4.69, 9.17) is 16.3 Å². The Bertz CT molecular complexity index is 863. The van der Waals surface area contributed by atoms with Crippen LogP contribution >= 0.6 is 27.5 Å². The smallest absolute Gasteiger partial charge is 0.338 e. The maximum atomic E-state index is 12.6. The van der Waals surface area contributed by atoms with Crippen molar-refractivity contribution in [3.05, 3.63) is 62.9 Å².